The average Bonchev–Trinajstić information content (AvgIpc) is 3.18. The monoisotopic (exact) mass is 293 g/mol. The van der Waals surface area contributed by atoms with Crippen LogP contribution in [0.15, 0.2) is 47.1 Å². The second-order valence-corrected chi connectivity index (χ2v) is 5.28. The molecule has 4 aromatic rings. The smallest absolute Gasteiger partial charge is 0.184 e. The first-order valence-electron chi connectivity index (χ1n) is 7.15. The van der Waals surface area contributed by atoms with Crippen molar-refractivity contribution in [3.63, 3.8) is 0 Å². The number of hydrogen-bond acceptors (Lipinski definition) is 5. The summed E-state index contributed by atoms with van der Waals surface area (Å²) in [5, 5.41) is 16.6. The molecule has 1 N–H and O–H groups in total. The van der Waals surface area contributed by atoms with Crippen LogP contribution in [0.25, 0.3) is 16.6 Å². The van der Waals surface area contributed by atoms with Crippen molar-refractivity contribution in [2.45, 2.75) is 20.0 Å². The Hall–Kier alpha value is -2.73. The molecule has 0 radical (unpaired) electrons. The van der Waals surface area contributed by atoms with Crippen molar-refractivity contribution in [2.75, 3.05) is 0 Å². The number of nitrogens with zero attached hydrogens (tertiary/aromatic N) is 4. The minimum atomic E-state index is 0.673. The van der Waals surface area contributed by atoms with Crippen LogP contribution in [0.1, 0.15) is 16.9 Å². The van der Waals surface area contributed by atoms with Gasteiger partial charge < -0.3 is 9.73 Å². The van der Waals surface area contributed by atoms with Crippen LogP contribution in [0, 0.1) is 6.92 Å². The standard InChI is InChI=1S/C16H15N5O/c1-11-4-2-5-12-8-13(9-17-10-14-6-3-7-22-14)16-18-19-20-21(16)15(11)12/h2-8,17H,9-10H2,1H3. The van der Waals surface area contributed by atoms with E-state index in [1.54, 1.807) is 6.26 Å². The first-order chi connectivity index (χ1) is 10.8. The van der Waals surface area contributed by atoms with Gasteiger partial charge in [0, 0.05) is 17.5 Å². The van der Waals surface area contributed by atoms with E-state index >= 15 is 0 Å². The van der Waals surface area contributed by atoms with Gasteiger partial charge in [0.2, 0.25) is 0 Å². The highest BCUT2D eigenvalue weighted by Crippen LogP contribution is 2.22. The maximum atomic E-state index is 5.32. The van der Waals surface area contributed by atoms with Crippen molar-refractivity contribution in [3.8, 4) is 0 Å². The second kappa shape index (κ2) is 5.23. The molecule has 6 heteroatoms. The molecule has 0 saturated carbocycles. The van der Waals surface area contributed by atoms with Gasteiger partial charge in [0.1, 0.15) is 5.76 Å². The number of aryl methyl sites for hydroxylation is 1. The zero-order chi connectivity index (χ0) is 14.9. The minimum absolute atomic E-state index is 0.673. The predicted octanol–water partition coefficient (Wildman–Crippen LogP) is 2.47. The highest BCUT2D eigenvalue weighted by molar-refractivity contribution is 5.85. The maximum Gasteiger partial charge on any atom is 0.184 e. The molecule has 0 bridgehead atoms. The van der Waals surface area contributed by atoms with E-state index in [9.17, 15) is 0 Å². The Balaban J connectivity index is 1.71. The van der Waals surface area contributed by atoms with E-state index in [1.165, 1.54) is 0 Å². The summed E-state index contributed by atoms with van der Waals surface area (Å²) in [5.41, 5.74) is 4.06. The van der Waals surface area contributed by atoms with Crippen LogP contribution in [-0.4, -0.2) is 20.0 Å². The molecule has 3 heterocycles. The van der Waals surface area contributed by atoms with Gasteiger partial charge in [-0.3, -0.25) is 0 Å². The van der Waals surface area contributed by atoms with Gasteiger partial charge in [0.25, 0.3) is 0 Å². The van der Waals surface area contributed by atoms with E-state index in [0.29, 0.717) is 13.1 Å². The molecule has 22 heavy (non-hydrogen) atoms. The largest absolute Gasteiger partial charge is 0.468 e. The van der Waals surface area contributed by atoms with Gasteiger partial charge in [0.15, 0.2) is 5.65 Å². The lowest BCUT2D eigenvalue weighted by atomic mass is 10.1. The van der Waals surface area contributed by atoms with Crippen LogP contribution < -0.4 is 5.32 Å². The van der Waals surface area contributed by atoms with Gasteiger partial charge >= 0.3 is 0 Å². The molecule has 0 saturated heterocycles. The van der Waals surface area contributed by atoms with Gasteiger partial charge in [-0.25, -0.2) is 0 Å². The Morgan fingerprint density at radius 2 is 2.14 bits per heavy atom. The quantitative estimate of drug-likeness (QED) is 0.626. The van der Waals surface area contributed by atoms with Crippen LogP contribution in [0.5, 0.6) is 0 Å². The molecule has 3 aromatic heterocycles. The van der Waals surface area contributed by atoms with E-state index in [-0.39, 0.29) is 0 Å². The number of hydrogen-bond donors (Lipinski definition) is 1. The Kier molecular flexibility index (Phi) is 3.08. The van der Waals surface area contributed by atoms with E-state index in [0.717, 1.165) is 33.4 Å². The normalized spacial score (nSPS) is 11.5. The lowest BCUT2D eigenvalue weighted by Crippen LogP contribution is -2.13. The third-order valence-corrected chi connectivity index (χ3v) is 3.76. The zero-order valence-electron chi connectivity index (χ0n) is 12.2. The first-order valence-corrected chi connectivity index (χ1v) is 7.15. The summed E-state index contributed by atoms with van der Waals surface area (Å²) in [7, 11) is 0. The SMILES string of the molecule is Cc1cccc2cc(CNCc3ccco3)c3nnnn3c12. The maximum absolute atomic E-state index is 5.32. The van der Waals surface area contributed by atoms with E-state index in [1.807, 2.05) is 22.7 Å². The van der Waals surface area contributed by atoms with Crippen LogP contribution in [0.4, 0.5) is 0 Å². The third-order valence-electron chi connectivity index (χ3n) is 3.76. The summed E-state index contributed by atoms with van der Waals surface area (Å²) in [5.74, 6) is 0.909. The van der Waals surface area contributed by atoms with Gasteiger partial charge in [-0.15, -0.1) is 5.10 Å². The summed E-state index contributed by atoms with van der Waals surface area (Å²) >= 11 is 0. The number of fused-ring (bicyclic) bond motifs is 3. The molecule has 0 aliphatic carbocycles. The Morgan fingerprint density at radius 3 is 3.00 bits per heavy atom. The molecule has 0 fully saturated rings. The number of rotatable bonds is 4. The summed E-state index contributed by atoms with van der Waals surface area (Å²) < 4.78 is 7.14. The number of tetrazole rings is 1. The second-order valence-electron chi connectivity index (χ2n) is 5.28. The zero-order valence-corrected chi connectivity index (χ0v) is 12.2. The van der Waals surface area contributed by atoms with Crippen molar-refractivity contribution in [3.05, 3.63) is 59.5 Å². The highest BCUT2D eigenvalue weighted by Gasteiger charge is 2.11. The molecule has 0 amide bonds. The van der Waals surface area contributed by atoms with Crippen LogP contribution >= 0.6 is 0 Å². The number of para-hydroxylation sites is 1. The first kappa shape index (κ1) is 13.0. The van der Waals surface area contributed by atoms with Gasteiger partial charge in [-0.05, 0) is 41.1 Å². The topological polar surface area (TPSA) is 68.2 Å². The molecular weight excluding hydrogens is 278 g/mol. The van der Waals surface area contributed by atoms with Crippen molar-refractivity contribution in [1.29, 1.82) is 0 Å². The van der Waals surface area contributed by atoms with E-state index in [2.05, 4.69) is 46.0 Å². The molecule has 110 valence electrons. The highest BCUT2D eigenvalue weighted by atomic mass is 16.3. The summed E-state index contributed by atoms with van der Waals surface area (Å²) in [6.45, 7) is 3.42. The molecule has 4 rings (SSSR count). The number of nitrogens with one attached hydrogen (secondary N) is 1. The molecule has 0 unspecified atom stereocenters. The molecule has 0 aliphatic heterocycles. The van der Waals surface area contributed by atoms with E-state index in [4.69, 9.17) is 4.42 Å². The van der Waals surface area contributed by atoms with Gasteiger partial charge in [-0.2, -0.15) is 4.52 Å². The van der Waals surface area contributed by atoms with Crippen LogP contribution in [0.3, 0.4) is 0 Å². The molecule has 6 nitrogen and oxygen atoms in total. The number of benzene rings is 1. The fraction of sp³-hybridized carbons (Fsp3) is 0.188. The molecular formula is C16H15N5O. The van der Waals surface area contributed by atoms with Crippen LogP contribution in [-0.2, 0) is 13.1 Å². The van der Waals surface area contributed by atoms with Crippen molar-refractivity contribution < 1.29 is 4.42 Å². The lowest BCUT2D eigenvalue weighted by molar-refractivity contribution is 0.483. The molecule has 0 spiro atoms. The van der Waals surface area contributed by atoms with E-state index < -0.39 is 0 Å². The Bertz CT molecular complexity index is 926. The van der Waals surface area contributed by atoms with Crippen LogP contribution in [0.2, 0.25) is 0 Å². The molecule has 0 atom stereocenters. The van der Waals surface area contributed by atoms with Crippen molar-refractivity contribution in [2.24, 2.45) is 0 Å². The Labute approximate surface area is 126 Å². The number of aromatic nitrogens is 4. The summed E-state index contributed by atoms with van der Waals surface area (Å²) in [6.07, 6.45) is 1.68. The summed E-state index contributed by atoms with van der Waals surface area (Å²) in [4.78, 5) is 0. The third kappa shape index (κ3) is 2.14. The predicted molar refractivity (Wildman–Crippen MR) is 82.3 cm³/mol. The van der Waals surface area contributed by atoms with Gasteiger partial charge in [0.05, 0.1) is 18.3 Å². The van der Waals surface area contributed by atoms with Crippen molar-refractivity contribution >= 4 is 16.6 Å². The lowest BCUT2D eigenvalue weighted by Gasteiger charge is -2.08. The number of furan rings is 1. The number of pyridine rings is 1. The Morgan fingerprint density at radius 1 is 1.18 bits per heavy atom. The summed E-state index contributed by atoms with van der Waals surface area (Å²) in [6, 6.07) is 12.2. The minimum Gasteiger partial charge on any atom is -0.468 e. The average molecular weight is 293 g/mol. The molecule has 0 aliphatic rings. The van der Waals surface area contributed by atoms with Crippen molar-refractivity contribution in [1.82, 2.24) is 25.4 Å². The fourth-order valence-electron chi connectivity index (χ4n) is 2.74. The fourth-order valence-corrected chi connectivity index (χ4v) is 2.74. The van der Waals surface area contributed by atoms with Gasteiger partial charge in [-0.1, -0.05) is 18.2 Å². The molecule has 1 aromatic carbocycles.